The van der Waals surface area contributed by atoms with E-state index in [1.165, 1.54) is 43.4 Å². The van der Waals surface area contributed by atoms with Crippen LogP contribution in [-0.4, -0.2) is 251 Å². The number of nitrogens with one attached hydrogen (secondary N) is 2. The zero-order valence-electron chi connectivity index (χ0n) is 41.9. The molecule has 0 aromatic heterocycles. The molecular weight excluding hydrogens is 1040 g/mol. The first kappa shape index (κ1) is 61.0. The molecule has 0 spiro atoms. The van der Waals surface area contributed by atoms with E-state index in [-0.39, 0.29) is 41.5 Å². The molecule has 17 N–H and O–H groups in total. The third-order valence-electron chi connectivity index (χ3n) is 13.8. The normalized spacial score (nSPS) is 35.5. The summed E-state index contributed by atoms with van der Waals surface area (Å²) in [6.45, 7) is -2.34. The lowest BCUT2D eigenvalue weighted by atomic mass is 9.84. The van der Waals surface area contributed by atoms with Crippen molar-refractivity contribution in [3.05, 3.63) is 47.5 Å². The fourth-order valence-corrected chi connectivity index (χ4v) is 9.62. The fourth-order valence-electron chi connectivity index (χ4n) is 9.62. The summed E-state index contributed by atoms with van der Waals surface area (Å²) in [7, 11) is 3.06. The van der Waals surface area contributed by atoms with E-state index in [0.29, 0.717) is 0 Å². The number of esters is 2. The highest BCUT2D eigenvalue weighted by Gasteiger charge is 2.52. The van der Waals surface area contributed by atoms with Gasteiger partial charge in [-0.2, -0.15) is 0 Å². The number of aliphatic carboxylic acids is 2. The van der Waals surface area contributed by atoms with Crippen molar-refractivity contribution in [1.82, 2.24) is 10.6 Å². The van der Waals surface area contributed by atoms with Gasteiger partial charge in [-0.25, -0.2) is 19.2 Å². The van der Waals surface area contributed by atoms with Gasteiger partial charge in [0, 0.05) is 41.2 Å². The van der Waals surface area contributed by atoms with Gasteiger partial charge in [-0.15, -0.1) is 0 Å². The molecule has 0 amide bonds. The number of carbonyl (C=O) groups is 4. The molecule has 8 unspecified atom stereocenters. The van der Waals surface area contributed by atoms with Crippen LogP contribution in [-0.2, 0) is 61.7 Å². The quantitative estimate of drug-likeness (QED) is 0.0154. The van der Waals surface area contributed by atoms with Crippen molar-refractivity contribution in [1.29, 1.82) is 0 Å². The molecule has 30 heteroatoms. The van der Waals surface area contributed by atoms with Crippen LogP contribution in [0.15, 0.2) is 36.4 Å². The molecule has 4 fully saturated rings. The van der Waals surface area contributed by atoms with E-state index in [4.69, 9.17) is 63.6 Å². The lowest BCUT2D eigenvalue weighted by Crippen LogP contribution is -2.64. The SMILES string of the molecule is CNC1[C@H](C)OC(COCOC(=O)c2cc(N)ccc2O)[C@@H](O)[C@H]1CO[C@@H]1OC(C(=O)O)[C@@H](COC[C@@H]2OC(COCOC(=O)c3cc(N)ccc3O)[C@@H](O)[C@@H](CO[C@@H]3OC(C(=O)O)[C@@H](O)[C@@H](O)C3O)C2NC)[C@@H](O)C1O. The molecule has 30 nitrogen and oxygen atoms in total. The van der Waals surface area contributed by atoms with Crippen LogP contribution in [0.5, 0.6) is 11.5 Å². The van der Waals surface area contributed by atoms with Crippen LogP contribution >= 0.6 is 0 Å². The van der Waals surface area contributed by atoms with Crippen molar-refractivity contribution < 1.29 is 127 Å². The average Bonchev–Trinajstić information content (AvgIpc) is 3.40. The van der Waals surface area contributed by atoms with Crippen LogP contribution in [0.3, 0.4) is 0 Å². The minimum atomic E-state index is -2.02. The van der Waals surface area contributed by atoms with Gasteiger partial charge in [-0.3, -0.25) is 0 Å². The Labute approximate surface area is 439 Å². The van der Waals surface area contributed by atoms with E-state index in [1.807, 2.05) is 0 Å². The first-order valence-electron chi connectivity index (χ1n) is 24.2. The number of phenolic OH excluding ortho intramolecular Hbond substituents is 2. The molecule has 2 aromatic rings. The number of anilines is 2. The Hall–Kier alpha value is -5.20. The van der Waals surface area contributed by atoms with Crippen LogP contribution in [0.1, 0.15) is 27.6 Å². The number of aliphatic hydroxyl groups excluding tert-OH is 7. The Morgan fingerprint density at radius 3 is 1.47 bits per heavy atom. The number of likely N-dealkylation sites (N-methyl/N-ethyl adjacent to an activating group) is 2. The molecule has 0 radical (unpaired) electrons. The Bertz CT molecular complexity index is 2290. The number of carboxylic acid groups (broad SMARTS) is 2. The van der Waals surface area contributed by atoms with E-state index in [2.05, 4.69) is 10.6 Å². The van der Waals surface area contributed by atoms with Gasteiger partial charge in [-0.05, 0) is 57.4 Å². The number of nitrogens with two attached hydrogens (primary N) is 2. The van der Waals surface area contributed by atoms with Crippen molar-refractivity contribution in [3.8, 4) is 11.5 Å². The van der Waals surface area contributed by atoms with Gasteiger partial charge in [-0.1, -0.05) is 0 Å². The van der Waals surface area contributed by atoms with E-state index < -0.39 is 191 Å². The van der Waals surface area contributed by atoms with Gasteiger partial charge in [0.1, 0.15) is 59.2 Å². The standard InChI is InChI=1S/C47H68N4O26/c1-18-31(50-2)23(33(54)29(74-18)14-68-16-72-44(65)21-8-19(48)4-6-26(21)52)11-70-46-38(59)35(56)25(40(76-46)42(61)62)10-67-13-28-32(51-3)24(12-71-47-39(60)36(57)37(58)41(77-47)43(63)64)34(55)30(75-28)15-69-17-73-45(66)22-9-20(49)5-7-27(22)53/h4-9,18,23-25,28-41,46-47,50-60H,10-17,48-49H2,1-3H3,(H,61,62)(H,63,64)/t18-,23-,24-,25-,28-,29?,30?,31?,32?,33-,34-,35+,36+,37-,38?,39?,40?,41?,46+,47+/m0/s1. The highest BCUT2D eigenvalue weighted by molar-refractivity contribution is 5.94. The number of ether oxygens (including phenoxy) is 11. The lowest BCUT2D eigenvalue weighted by Gasteiger charge is -2.46. The zero-order valence-corrected chi connectivity index (χ0v) is 41.9. The zero-order chi connectivity index (χ0) is 56.4. The van der Waals surface area contributed by atoms with Crippen molar-refractivity contribution in [3.63, 3.8) is 0 Å². The number of hydrogen-bond donors (Lipinski definition) is 15. The Kier molecular flexibility index (Phi) is 21.9. The number of benzene rings is 2. The number of rotatable bonds is 24. The summed E-state index contributed by atoms with van der Waals surface area (Å²) < 4.78 is 61.8. The molecule has 2 aromatic carbocycles. The third kappa shape index (κ3) is 14.7. The highest BCUT2D eigenvalue weighted by Crippen LogP contribution is 2.34. The summed E-state index contributed by atoms with van der Waals surface area (Å²) in [6, 6.07) is 6.01. The summed E-state index contributed by atoms with van der Waals surface area (Å²) in [5.74, 6) is -9.32. The first-order chi connectivity index (χ1) is 36.6. The smallest absolute Gasteiger partial charge is 0.344 e. The summed E-state index contributed by atoms with van der Waals surface area (Å²) in [6.07, 6.45) is -24.0. The summed E-state index contributed by atoms with van der Waals surface area (Å²) in [5.41, 5.74) is 11.3. The average molecular weight is 1110 g/mol. The predicted molar refractivity (Wildman–Crippen MR) is 254 cm³/mol. The molecule has 77 heavy (non-hydrogen) atoms. The van der Waals surface area contributed by atoms with Crippen molar-refractivity contribution >= 4 is 35.3 Å². The van der Waals surface area contributed by atoms with Gasteiger partial charge in [0.05, 0.1) is 70.2 Å². The second-order valence-electron chi connectivity index (χ2n) is 18.8. The maximum atomic E-state index is 12.7. The number of hydrogen-bond acceptors (Lipinski definition) is 28. The molecule has 6 rings (SSSR count). The van der Waals surface area contributed by atoms with Crippen molar-refractivity contribution in [2.75, 3.05) is 78.8 Å². The molecule has 4 heterocycles. The summed E-state index contributed by atoms with van der Waals surface area (Å²) >= 11 is 0. The van der Waals surface area contributed by atoms with Crippen LogP contribution < -0.4 is 22.1 Å². The number of phenols is 2. The van der Waals surface area contributed by atoms with E-state index in [1.54, 1.807) is 14.0 Å². The summed E-state index contributed by atoms with van der Waals surface area (Å²) in [5, 5.41) is 123. The van der Waals surface area contributed by atoms with Gasteiger partial charge >= 0.3 is 23.9 Å². The molecular formula is C47H68N4O26. The molecule has 20 atom stereocenters. The van der Waals surface area contributed by atoms with E-state index in [0.717, 1.165) is 0 Å². The maximum Gasteiger partial charge on any atom is 0.344 e. The van der Waals surface area contributed by atoms with Crippen LogP contribution in [0, 0.1) is 17.8 Å². The molecule has 0 bridgehead atoms. The van der Waals surface area contributed by atoms with Crippen molar-refractivity contribution in [2.45, 2.75) is 111 Å². The first-order valence-corrected chi connectivity index (χ1v) is 24.2. The van der Waals surface area contributed by atoms with Crippen LogP contribution in [0.25, 0.3) is 0 Å². The number of aliphatic hydroxyl groups is 7. The number of carboxylic acids is 2. The lowest BCUT2D eigenvalue weighted by molar-refractivity contribution is -0.302. The Morgan fingerprint density at radius 1 is 0.519 bits per heavy atom. The molecule has 4 saturated heterocycles. The largest absolute Gasteiger partial charge is 0.507 e. The van der Waals surface area contributed by atoms with Gasteiger partial charge in [0.25, 0.3) is 0 Å². The molecule has 0 saturated carbocycles. The summed E-state index contributed by atoms with van der Waals surface area (Å²) in [4.78, 5) is 49.6. The molecule has 4 aliphatic rings. The van der Waals surface area contributed by atoms with E-state index in [9.17, 15) is 75.3 Å². The maximum absolute atomic E-state index is 12.7. The molecule has 432 valence electrons. The number of carbonyl (C=O) groups excluding carboxylic acids is 2. The number of nitrogen functional groups attached to an aromatic ring is 2. The van der Waals surface area contributed by atoms with Gasteiger partial charge < -0.3 is 130 Å². The van der Waals surface area contributed by atoms with E-state index >= 15 is 0 Å². The number of aromatic hydroxyl groups is 2. The molecule has 0 aliphatic carbocycles. The Balaban J connectivity index is 1.08. The van der Waals surface area contributed by atoms with Crippen molar-refractivity contribution in [2.24, 2.45) is 17.8 Å². The molecule has 4 aliphatic heterocycles. The Morgan fingerprint density at radius 2 is 0.974 bits per heavy atom. The fraction of sp³-hybridized carbons (Fsp3) is 0.660. The minimum Gasteiger partial charge on any atom is -0.507 e. The predicted octanol–water partition coefficient (Wildman–Crippen LogP) is -5.00. The van der Waals surface area contributed by atoms with Crippen LogP contribution in [0.4, 0.5) is 11.4 Å². The van der Waals surface area contributed by atoms with Gasteiger partial charge in [0.2, 0.25) is 0 Å². The monoisotopic (exact) mass is 1100 g/mol. The second-order valence-corrected chi connectivity index (χ2v) is 18.8. The third-order valence-corrected chi connectivity index (χ3v) is 13.8. The van der Waals surface area contributed by atoms with Crippen LogP contribution in [0.2, 0.25) is 0 Å². The highest BCUT2D eigenvalue weighted by atomic mass is 16.7. The van der Waals surface area contributed by atoms with Gasteiger partial charge in [0.15, 0.2) is 38.4 Å². The topological polar surface area (TPSA) is 468 Å². The second kappa shape index (κ2) is 27.6. The minimum absolute atomic E-state index is 0.156.